The number of ether oxygens (including phenoxy) is 3. The molecule has 2 atom stereocenters. The fraction of sp³-hybridized carbons (Fsp3) is 1.00. The van der Waals surface area contributed by atoms with E-state index in [1.807, 2.05) is 0 Å². The molecule has 0 bridgehead atoms. The number of nitrogens with zero attached hydrogens (tertiary/aromatic N) is 1. The molecular weight excluding hydrogens is 226 g/mol. The Labute approximate surface area is 102 Å². The van der Waals surface area contributed by atoms with Crippen molar-refractivity contribution >= 4 is 0 Å². The summed E-state index contributed by atoms with van der Waals surface area (Å²) in [5, 5.41) is 17.7. The highest BCUT2D eigenvalue weighted by molar-refractivity contribution is 4.78. The third kappa shape index (κ3) is 5.29. The molecule has 0 amide bonds. The van der Waals surface area contributed by atoms with E-state index in [9.17, 15) is 0 Å². The second-order valence-electron chi connectivity index (χ2n) is 4.00. The fourth-order valence-electron chi connectivity index (χ4n) is 1.86. The fourth-order valence-corrected chi connectivity index (χ4v) is 1.86. The van der Waals surface area contributed by atoms with Crippen LogP contribution in [0.4, 0.5) is 0 Å². The van der Waals surface area contributed by atoms with Gasteiger partial charge in [0.25, 0.3) is 0 Å². The number of aliphatic hydroxyl groups is 2. The van der Waals surface area contributed by atoms with Crippen LogP contribution in [0.3, 0.4) is 0 Å². The maximum atomic E-state index is 9.13. The highest BCUT2D eigenvalue weighted by Crippen LogP contribution is 2.10. The van der Waals surface area contributed by atoms with Crippen molar-refractivity contribution in [2.75, 3.05) is 59.8 Å². The van der Waals surface area contributed by atoms with Gasteiger partial charge >= 0.3 is 0 Å². The normalized spacial score (nSPS) is 23.8. The van der Waals surface area contributed by atoms with Crippen molar-refractivity contribution < 1.29 is 24.4 Å². The van der Waals surface area contributed by atoms with Crippen LogP contribution in [-0.4, -0.2) is 87.1 Å². The predicted octanol–water partition coefficient (Wildman–Crippen LogP) is -1.30. The molecule has 1 fully saturated rings. The zero-order valence-corrected chi connectivity index (χ0v) is 10.4. The first-order chi connectivity index (χ1) is 8.31. The summed E-state index contributed by atoms with van der Waals surface area (Å²) in [6, 6.07) is 0. The van der Waals surface area contributed by atoms with E-state index in [2.05, 4.69) is 4.90 Å². The lowest BCUT2D eigenvalue weighted by Gasteiger charge is -2.35. The van der Waals surface area contributed by atoms with Crippen LogP contribution in [-0.2, 0) is 14.2 Å². The van der Waals surface area contributed by atoms with E-state index in [1.54, 1.807) is 7.11 Å². The minimum absolute atomic E-state index is 0.0317. The topological polar surface area (TPSA) is 71.4 Å². The Kier molecular flexibility index (Phi) is 7.67. The number of rotatable bonds is 8. The second kappa shape index (κ2) is 8.79. The lowest BCUT2D eigenvalue weighted by Crippen LogP contribution is -2.50. The van der Waals surface area contributed by atoms with E-state index in [1.165, 1.54) is 0 Å². The van der Waals surface area contributed by atoms with Crippen LogP contribution in [0.5, 0.6) is 0 Å². The Bertz CT molecular complexity index is 189. The maximum absolute atomic E-state index is 9.13. The summed E-state index contributed by atoms with van der Waals surface area (Å²) in [7, 11) is 1.58. The Hall–Kier alpha value is -0.240. The summed E-state index contributed by atoms with van der Waals surface area (Å²) in [6.45, 7) is 4.06. The maximum Gasteiger partial charge on any atom is 0.107 e. The van der Waals surface area contributed by atoms with Gasteiger partial charge in [0.2, 0.25) is 0 Å². The van der Waals surface area contributed by atoms with Gasteiger partial charge in [-0.15, -0.1) is 0 Å². The van der Waals surface area contributed by atoms with Gasteiger partial charge in [0.15, 0.2) is 0 Å². The van der Waals surface area contributed by atoms with Crippen molar-refractivity contribution in [3.05, 3.63) is 0 Å². The summed E-state index contributed by atoms with van der Waals surface area (Å²) in [5.41, 5.74) is 0. The molecule has 1 aliphatic rings. The minimum atomic E-state index is -0.267. The molecule has 2 N–H and O–H groups in total. The molecule has 2 unspecified atom stereocenters. The van der Waals surface area contributed by atoms with Gasteiger partial charge in [-0.05, 0) is 0 Å². The molecule has 0 radical (unpaired) electrons. The van der Waals surface area contributed by atoms with Gasteiger partial charge in [-0.2, -0.15) is 0 Å². The Balaban J connectivity index is 2.23. The summed E-state index contributed by atoms with van der Waals surface area (Å²) in [5.74, 6) is 0. The molecule has 1 heterocycles. The molecule has 6 heteroatoms. The zero-order valence-electron chi connectivity index (χ0n) is 10.4. The highest BCUT2D eigenvalue weighted by Gasteiger charge is 2.27. The van der Waals surface area contributed by atoms with Crippen molar-refractivity contribution in [1.29, 1.82) is 0 Å². The van der Waals surface area contributed by atoms with Gasteiger partial charge in [0, 0.05) is 26.7 Å². The minimum Gasteiger partial charge on any atom is -0.394 e. The van der Waals surface area contributed by atoms with Gasteiger partial charge in [0.1, 0.15) is 6.10 Å². The standard InChI is InChI=1S/C11H23NO5/c1-15-11(9-14)10-8-12(3-6-17-10)2-5-16-7-4-13/h10-11,13-14H,2-9H2,1H3. The summed E-state index contributed by atoms with van der Waals surface area (Å²) in [6.07, 6.45) is -0.354. The van der Waals surface area contributed by atoms with Crippen molar-refractivity contribution in [3.8, 4) is 0 Å². The van der Waals surface area contributed by atoms with Crippen LogP contribution in [0.2, 0.25) is 0 Å². The molecule has 1 saturated heterocycles. The molecule has 1 aliphatic heterocycles. The molecule has 0 aromatic carbocycles. The smallest absolute Gasteiger partial charge is 0.107 e. The van der Waals surface area contributed by atoms with Gasteiger partial charge in [-0.3, -0.25) is 4.90 Å². The van der Waals surface area contributed by atoms with Gasteiger partial charge in [-0.1, -0.05) is 0 Å². The number of aliphatic hydroxyl groups excluding tert-OH is 2. The molecule has 6 nitrogen and oxygen atoms in total. The average molecular weight is 249 g/mol. The molecular formula is C11H23NO5. The van der Waals surface area contributed by atoms with Crippen LogP contribution in [0.15, 0.2) is 0 Å². The van der Waals surface area contributed by atoms with Crippen LogP contribution in [0.1, 0.15) is 0 Å². The first-order valence-corrected chi connectivity index (χ1v) is 5.98. The van der Waals surface area contributed by atoms with Crippen molar-refractivity contribution in [3.63, 3.8) is 0 Å². The van der Waals surface area contributed by atoms with Crippen molar-refractivity contribution in [2.24, 2.45) is 0 Å². The molecule has 17 heavy (non-hydrogen) atoms. The zero-order chi connectivity index (χ0) is 12.5. The van der Waals surface area contributed by atoms with Crippen molar-refractivity contribution in [1.82, 2.24) is 4.90 Å². The van der Waals surface area contributed by atoms with Crippen LogP contribution < -0.4 is 0 Å². The lowest BCUT2D eigenvalue weighted by atomic mass is 10.1. The number of morpholine rings is 1. The molecule has 0 aliphatic carbocycles. The first kappa shape index (κ1) is 14.8. The third-order valence-corrected chi connectivity index (χ3v) is 2.86. The SMILES string of the molecule is COC(CO)C1CN(CCOCCO)CCO1. The first-order valence-electron chi connectivity index (χ1n) is 5.98. The molecule has 102 valence electrons. The van der Waals surface area contributed by atoms with E-state index in [-0.39, 0.29) is 25.4 Å². The number of methoxy groups -OCH3 is 1. The largest absolute Gasteiger partial charge is 0.394 e. The molecule has 0 aromatic heterocycles. The third-order valence-electron chi connectivity index (χ3n) is 2.86. The number of hydrogen-bond donors (Lipinski definition) is 2. The van der Waals surface area contributed by atoms with Gasteiger partial charge in [-0.25, -0.2) is 0 Å². The highest BCUT2D eigenvalue weighted by atomic mass is 16.5. The average Bonchev–Trinajstić information content (AvgIpc) is 2.37. The Morgan fingerprint density at radius 1 is 1.41 bits per heavy atom. The summed E-state index contributed by atoms with van der Waals surface area (Å²) in [4.78, 5) is 2.22. The predicted molar refractivity (Wildman–Crippen MR) is 62.0 cm³/mol. The summed E-state index contributed by atoms with van der Waals surface area (Å²) < 4.78 is 16.0. The van der Waals surface area contributed by atoms with Crippen LogP contribution in [0.25, 0.3) is 0 Å². The molecule has 1 rings (SSSR count). The molecule has 0 aromatic rings. The van der Waals surface area contributed by atoms with E-state index in [4.69, 9.17) is 24.4 Å². The molecule has 0 spiro atoms. The van der Waals surface area contributed by atoms with E-state index >= 15 is 0 Å². The Morgan fingerprint density at radius 2 is 2.24 bits per heavy atom. The van der Waals surface area contributed by atoms with Gasteiger partial charge in [0.05, 0.1) is 39.1 Å². The summed E-state index contributed by atoms with van der Waals surface area (Å²) >= 11 is 0. The van der Waals surface area contributed by atoms with Crippen LogP contribution in [0, 0.1) is 0 Å². The van der Waals surface area contributed by atoms with E-state index in [0.717, 1.165) is 19.6 Å². The van der Waals surface area contributed by atoms with Crippen LogP contribution >= 0.6 is 0 Å². The monoisotopic (exact) mass is 249 g/mol. The second-order valence-corrected chi connectivity index (χ2v) is 4.00. The number of hydrogen-bond acceptors (Lipinski definition) is 6. The van der Waals surface area contributed by atoms with Crippen molar-refractivity contribution in [2.45, 2.75) is 12.2 Å². The Morgan fingerprint density at radius 3 is 2.88 bits per heavy atom. The van der Waals surface area contributed by atoms with E-state index in [0.29, 0.717) is 19.8 Å². The van der Waals surface area contributed by atoms with Gasteiger partial charge < -0.3 is 24.4 Å². The molecule has 0 saturated carbocycles. The quantitative estimate of drug-likeness (QED) is 0.521. The lowest BCUT2D eigenvalue weighted by molar-refractivity contribution is -0.116. The van der Waals surface area contributed by atoms with E-state index < -0.39 is 0 Å².